The van der Waals surface area contributed by atoms with E-state index in [9.17, 15) is 9.59 Å². The molecule has 0 bridgehead atoms. The molecule has 4 heteroatoms. The lowest BCUT2D eigenvalue weighted by Gasteiger charge is -2.07. The molecule has 0 atom stereocenters. The van der Waals surface area contributed by atoms with Gasteiger partial charge >= 0.3 is 5.97 Å². The highest BCUT2D eigenvalue weighted by atomic mass is 16.5. The molecule has 0 heterocycles. The molecule has 0 aromatic heterocycles. The van der Waals surface area contributed by atoms with Crippen molar-refractivity contribution in [2.75, 3.05) is 6.61 Å². The fourth-order valence-corrected chi connectivity index (χ4v) is 1.58. The highest BCUT2D eigenvalue weighted by Gasteiger charge is 2.23. The van der Waals surface area contributed by atoms with Crippen LogP contribution in [0, 0.1) is 13.8 Å². The van der Waals surface area contributed by atoms with Crippen molar-refractivity contribution in [3.8, 4) is 0 Å². The van der Waals surface area contributed by atoms with Crippen molar-refractivity contribution in [2.24, 2.45) is 0 Å². The molecule has 1 aliphatic carbocycles. The predicted octanol–water partition coefficient (Wildman–Crippen LogP) is 1.74. The van der Waals surface area contributed by atoms with Gasteiger partial charge in [0.25, 0.3) is 5.91 Å². The number of hydrogen-bond donors (Lipinski definition) is 1. The molecule has 1 N–H and O–H groups in total. The quantitative estimate of drug-likeness (QED) is 0.824. The minimum absolute atomic E-state index is 0.206. The third-order valence-electron chi connectivity index (χ3n) is 3.02. The van der Waals surface area contributed by atoms with E-state index in [2.05, 4.69) is 5.32 Å². The number of rotatable bonds is 4. The Morgan fingerprint density at radius 2 is 2.00 bits per heavy atom. The van der Waals surface area contributed by atoms with Crippen LogP contribution in [0.25, 0.3) is 0 Å². The molecule has 0 saturated heterocycles. The van der Waals surface area contributed by atoms with E-state index in [1.165, 1.54) is 0 Å². The summed E-state index contributed by atoms with van der Waals surface area (Å²) in [7, 11) is 0. The number of esters is 1. The molecule has 1 aliphatic rings. The van der Waals surface area contributed by atoms with Gasteiger partial charge < -0.3 is 10.1 Å². The van der Waals surface area contributed by atoms with Gasteiger partial charge in [-0.2, -0.15) is 0 Å². The summed E-state index contributed by atoms with van der Waals surface area (Å²) in [4.78, 5) is 23.1. The van der Waals surface area contributed by atoms with Crippen LogP contribution in [0.5, 0.6) is 0 Å². The Kier molecular flexibility index (Phi) is 3.65. The predicted molar refractivity (Wildman–Crippen MR) is 67.4 cm³/mol. The first kappa shape index (κ1) is 12.6. The van der Waals surface area contributed by atoms with Gasteiger partial charge in [-0.05, 0) is 49.9 Å². The Morgan fingerprint density at radius 3 is 2.61 bits per heavy atom. The monoisotopic (exact) mass is 247 g/mol. The molecule has 2 rings (SSSR count). The number of hydrogen-bond acceptors (Lipinski definition) is 3. The van der Waals surface area contributed by atoms with E-state index in [1.54, 1.807) is 12.1 Å². The Morgan fingerprint density at radius 1 is 1.28 bits per heavy atom. The van der Waals surface area contributed by atoms with E-state index in [-0.39, 0.29) is 18.6 Å². The second-order valence-electron chi connectivity index (χ2n) is 4.72. The summed E-state index contributed by atoms with van der Waals surface area (Å²) in [6.07, 6.45) is 2.05. The Labute approximate surface area is 106 Å². The Hall–Kier alpha value is -1.84. The molecule has 18 heavy (non-hydrogen) atoms. The second-order valence-corrected chi connectivity index (χ2v) is 4.72. The minimum atomic E-state index is -0.455. The highest BCUT2D eigenvalue weighted by molar-refractivity contribution is 5.91. The maximum Gasteiger partial charge on any atom is 0.338 e. The summed E-state index contributed by atoms with van der Waals surface area (Å²) < 4.78 is 4.96. The number of carbonyl (C=O) groups is 2. The van der Waals surface area contributed by atoms with Gasteiger partial charge in [-0.25, -0.2) is 4.79 Å². The number of aryl methyl sites for hydroxylation is 2. The molecule has 0 aliphatic heterocycles. The molecule has 4 nitrogen and oxygen atoms in total. The van der Waals surface area contributed by atoms with E-state index >= 15 is 0 Å². The third-order valence-corrected chi connectivity index (χ3v) is 3.02. The topological polar surface area (TPSA) is 55.4 Å². The standard InChI is InChI=1S/C14H17NO3/c1-9-3-4-11(7-10(9)2)14(17)18-8-13(16)15-12-5-6-12/h3-4,7,12H,5-6,8H2,1-2H3,(H,15,16). The molecule has 1 aromatic carbocycles. The van der Waals surface area contributed by atoms with Crippen LogP contribution >= 0.6 is 0 Å². The van der Waals surface area contributed by atoms with Crippen molar-refractivity contribution in [2.45, 2.75) is 32.7 Å². The fraction of sp³-hybridized carbons (Fsp3) is 0.429. The van der Waals surface area contributed by atoms with Crippen LogP contribution in [0.4, 0.5) is 0 Å². The van der Waals surface area contributed by atoms with E-state index in [4.69, 9.17) is 4.74 Å². The Balaban J connectivity index is 1.86. The van der Waals surface area contributed by atoms with Crippen LogP contribution in [0.3, 0.4) is 0 Å². The number of nitrogens with one attached hydrogen (secondary N) is 1. The van der Waals surface area contributed by atoms with Crippen LogP contribution in [-0.4, -0.2) is 24.5 Å². The van der Waals surface area contributed by atoms with Crippen LogP contribution in [-0.2, 0) is 9.53 Å². The fourth-order valence-electron chi connectivity index (χ4n) is 1.58. The average molecular weight is 247 g/mol. The normalized spacial score (nSPS) is 14.1. The van der Waals surface area contributed by atoms with Gasteiger partial charge in [0, 0.05) is 6.04 Å². The van der Waals surface area contributed by atoms with E-state index in [0.29, 0.717) is 5.56 Å². The zero-order valence-corrected chi connectivity index (χ0v) is 10.7. The lowest BCUT2D eigenvalue weighted by molar-refractivity contribution is -0.124. The molecule has 1 amide bonds. The average Bonchev–Trinajstić information content (AvgIpc) is 3.13. The number of benzene rings is 1. The van der Waals surface area contributed by atoms with Crippen molar-refractivity contribution < 1.29 is 14.3 Å². The summed E-state index contributed by atoms with van der Waals surface area (Å²) in [5.74, 6) is -0.682. The number of amides is 1. The van der Waals surface area contributed by atoms with Gasteiger partial charge in [0.1, 0.15) is 0 Å². The molecule has 1 fully saturated rings. The first-order valence-electron chi connectivity index (χ1n) is 6.10. The summed E-state index contributed by atoms with van der Waals surface area (Å²) >= 11 is 0. The van der Waals surface area contributed by atoms with Gasteiger partial charge in [0.2, 0.25) is 0 Å². The van der Waals surface area contributed by atoms with Gasteiger partial charge in [-0.15, -0.1) is 0 Å². The van der Waals surface area contributed by atoms with Crippen molar-refractivity contribution in [3.05, 3.63) is 34.9 Å². The zero-order valence-electron chi connectivity index (χ0n) is 10.7. The molecule has 1 aromatic rings. The van der Waals surface area contributed by atoms with Crippen LogP contribution in [0.1, 0.15) is 34.3 Å². The van der Waals surface area contributed by atoms with Crippen molar-refractivity contribution in [1.82, 2.24) is 5.32 Å². The SMILES string of the molecule is Cc1ccc(C(=O)OCC(=O)NC2CC2)cc1C. The lowest BCUT2D eigenvalue weighted by atomic mass is 10.1. The van der Waals surface area contributed by atoms with Gasteiger partial charge in [0.15, 0.2) is 6.61 Å². The maximum absolute atomic E-state index is 11.7. The number of ether oxygens (including phenoxy) is 1. The molecule has 0 unspecified atom stereocenters. The van der Waals surface area contributed by atoms with Gasteiger partial charge in [-0.3, -0.25) is 4.79 Å². The molecular formula is C14H17NO3. The van der Waals surface area contributed by atoms with Gasteiger partial charge in [0.05, 0.1) is 5.56 Å². The minimum Gasteiger partial charge on any atom is -0.452 e. The highest BCUT2D eigenvalue weighted by Crippen LogP contribution is 2.18. The van der Waals surface area contributed by atoms with Crippen molar-refractivity contribution in [3.63, 3.8) is 0 Å². The van der Waals surface area contributed by atoms with E-state index in [0.717, 1.165) is 24.0 Å². The maximum atomic E-state index is 11.7. The van der Waals surface area contributed by atoms with Crippen LogP contribution in [0.15, 0.2) is 18.2 Å². The summed E-state index contributed by atoms with van der Waals surface area (Å²) in [5.41, 5.74) is 2.64. The molecule has 0 radical (unpaired) electrons. The van der Waals surface area contributed by atoms with Gasteiger partial charge in [-0.1, -0.05) is 6.07 Å². The smallest absolute Gasteiger partial charge is 0.338 e. The van der Waals surface area contributed by atoms with Crippen LogP contribution in [0.2, 0.25) is 0 Å². The molecule has 96 valence electrons. The summed E-state index contributed by atoms with van der Waals surface area (Å²) in [6.45, 7) is 3.71. The second kappa shape index (κ2) is 5.21. The van der Waals surface area contributed by atoms with E-state index < -0.39 is 5.97 Å². The summed E-state index contributed by atoms with van der Waals surface area (Å²) in [5, 5.41) is 2.77. The zero-order chi connectivity index (χ0) is 13.1. The summed E-state index contributed by atoms with van der Waals surface area (Å²) in [6, 6.07) is 5.65. The first-order valence-corrected chi connectivity index (χ1v) is 6.10. The van der Waals surface area contributed by atoms with Crippen molar-refractivity contribution >= 4 is 11.9 Å². The Bertz CT molecular complexity index is 478. The van der Waals surface area contributed by atoms with Crippen molar-refractivity contribution in [1.29, 1.82) is 0 Å². The van der Waals surface area contributed by atoms with E-state index in [1.807, 2.05) is 19.9 Å². The largest absolute Gasteiger partial charge is 0.452 e. The first-order chi connectivity index (χ1) is 8.56. The molecule has 1 saturated carbocycles. The number of carbonyl (C=O) groups excluding carboxylic acids is 2. The molecular weight excluding hydrogens is 230 g/mol. The third kappa shape index (κ3) is 3.32. The molecule has 0 spiro atoms. The lowest BCUT2D eigenvalue weighted by Crippen LogP contribution is -2.30. The van der Waals surface area contributed by atoms with Crippen LogP contribution < -0.4 is 5.32 Å².